The van der Waals surface area contributed by atoms with Gasteiger partial charge in [-0.2, -0.15) is 0 Å². The van der Waals surface area contributed by atoms with Gasteiger partial charge in [-0.05, 0) is 19.8 Å². The average molecular weight is 171 g/mol. The molecule has 3 heteroatoms. The van der Waals surface area contributed by atoms with Crippen LogP contribution in [0.4, 0.5) is 0 Å². The molecule has 3 nitrogen and oxygen atoms in total. The minimum absolute atomic E-state index is 0.0652. The van der Waals surface area contributed by atoms with E-state index in [0.717, 1.165) is 32.5 Å². The van der Waals surface area contributed by atoms with Gasteiger partial charge in [0.25, 0.3) is 0 Å². The van der Waals surface area contributed by atoms with Crippen molar-refractivity contribution in [1.29, 1.82) is 0 Å². The molecule has 0 spiro atoms. The first kappa shape index (κ1) is 8.48. The topological polar surface area (TPSA) is 41.5 Å². The zero-order valence-corrected chi connectivity index (χ0v) is 7.60. The van der Waals surface area contributed by atoms with Gasteiger partial charge in [-0.15, -0.1) is 0 Å². The summed E-state index contributed by atoms with van der Waals surface area (Å²) in [7, 11) is 0. The molecule has 70 valence electrons. The zero-order chi connectivity index (χ0) is 8.66. The number of fused-ring (bicyclic) bond motifs is 2. The molecule has 2 heterocycles. The molecule has 3 rings (SSSR count). The fourth-order valence-electron chi connectivity index (χ4n) is 2.75. The molecule has 0 atom stereocenters. The second-order valence-corrected chi connectivity index (χ2v) is 4.23. The summed E-state index contributed by atoms with van der Waals surface area (Å²) >= 11 is 0. The quantitative estimate of drug-likeness (QED) is 0.634. The molecule has 0 aromatic heterocycles. The first-order valence-electron chi connectivity index (χ1n) is 4.70. The number of nitrogens with one attached hydrogen (secondary N) is 1. The van der Waals surface area contributed by atoms with Crippen LogP contribution in [0.2, 0.25) is 0 Å². The van der Waals surface area contributed by atoms with Crippen molar-refractivity contribution in [1.82, 2.24) is 5.32 Å². The van der Waals surface area contributed by atoms with Crippen LogP contribution >= 0.6 is 0 Å². The van der Waals surface area contributed by atoms with E-state index in [4.69, 9.17) is 4.74 Å². The summed E-state index contributed by atoms with van der Waals surface area (Å²) in [6.45, 7) is 5.03. The molecule has 2 saturated heterocycles. The van der Waals surface area contributed by atoms with Crippen molar-refractivity contribution in [3.8, 4) is 0 Å². The first-order chi connectivity index (χ1) is 5.74. The molecule has 2 bridgehead atoms. The summed E-state index contributed by atoms with van der Waals surface area (Å²) in [5.41, 5.74) is 0.211. The lowest BCUT2D eigenvalue weighted by atomic mass is 9.57. The van der Waals surface area contributed by atoms with Gasteiger partial charge in [-0.25, -0.2) is 0 Å². The van der Waals surface area contributed by atoms with E-state index in [0.29, 0.717) is 6.61 Å². The van der Waals surface area contributed by atoms with Crippen LogP contribution in [0.15, 0.2) is 0 Å². The molecule has 0 unspecified atom stereocenters. The lowest BCUT2D eigenvalue weighted by Crippen LogP contribution is -2.68. The van der Waals surface area contributed by atoms with Crippen molar-refractivity contribution in [2.24, 2.45) is 5.41 Å². The van der Waals surface area contributed by atoms with E-state index in [2.05, 4.69) is 5.32 Å². The third-order valence-electron chi connectivity index (χ3n) is 3.13. The second kappa shape index (κ2) is 2.69. The number of aliphatic hydroxyl groups is 1. The molecule has 3 aliphatic rings. The van der Waals surface area contributed by atoms with Crippen LogP contribution in [-0.2, 0) is 4.74 Å². The van der Waals surface area contributed by atoms with Gasteiger partial charge >= 0.3 is 0 Å². The zero-order valence-electron chi connectivity index (χ0n) is 7.60. The molecular formula is C9H17NO2. The Morgan fingerprint density at radius 3 is 2.75 bits per heavy atom. The fourth-order valence-corrected chi connectivity index (χ4v) is 2.75. The Labute approximate surface area is 73.1 Å². The molecule has 1 aliphatic carbocycles. The van der Waals surface area contributed by atoms with Crippen molar-refractivity contribution in [3.63, 3.8) is 0 Å². The van der Waals surface area contributed by atoms with Crippen molar-refractivity contribution in [2.75, 3.05) is 26.3 Å². The maximum atomic E-state index is 9.18. The summed E-state index contributed by atoms with van der Waals surface area (Å²) in [6.07, 6.45) is 2.08. The van der Waals surface area contributed by atoms with Gasteiger partial charge < -0.3 is 15.2 Å². The van der Waals surface area contributed by atoms with Crippen molar-refractivity contribution < 1.29 is 9.84 Å². The SMILES string of the molecule is CCOC12CNCC(CO)(C1)C2. The minimum Gasteiger partial charge on any atom is -0.396 e. The van der Waals surface area contributed by atoms with Crippen molar-refractivity contribution in [3.05, 3.63) is 0 Å². The van der Waals surface area contributed by atoms with Gasteiger partial charge in [0.1, 0.15) is 0 Å². The monoisotopic (exact) mass is 171 g/mol. The fraction of sp³-hybridized carbons (Fsp3) is 1.00. The van der Waals surface area contributed by atoms with Gasteiger partial charge in [-0.3, -0.25) is 0 Å². The summed E-state index contributed by atoms with van der Waals surface area (Å²) in [4.78, 5) is 0. The Morgan fingerprint density at radius 1 is 1.42 bits per heavy atom. The Bertz CT molecular complexity index is 171. The van der Waals surface area contributed by atoms with Crippen LogP contribution in [0.5, 0.6) is 0 Å². The summed E-state index contributed by atoms with van der Waals surface area (Å²) in [6, 6.07) is 0. The minimum atomic E-state index is 0.0652. The molecule has 0 amide bonds. The predicted molar refractivity (Wildman–Crippen MR) is 46.0 cm³/mol. The van der Waals surface area contributed by atoms with Crippen LogP contribution in [0.3, 0.4) is 0 Å². The number of piperidine rings is 2. The third kappa shape index (κ3) is 1.08. The number of ether oxygens (including phenoxy) is 1. The number of rotatable bonds is 3. The molecule has 0 aromatic rings. The maximum absolute atomic E-state index is 9.18. The number of aliphatic hydroxyl groups excluding tert-OH is 1. The van der Waals surface area contributed by atoms with Crippen molar-refractivity contribution >= 4 is 0 Å². The van der Waals surface area contributed by atoms with Gasteiger partial charge in [0, 0.05) is 25.1 Å². The van der Waals surface area contributed by atoms with Gasteiger partial charge in [-0.1, -0.05) is 0 Å². The smallest absolute Gasteiger partial charge is 0.0819 e. The van der Waals surface area contributed by atoms with Gasteiger partial charge in [0.2, 0.25) is 0 Å². The van der Waals surface area contributed by atoms with Crippen LogP contribution in [0, 0.1) is 5.41 Å². The highest BCUT2D eigenvalue weighted by molar-refractivity contribution is 5.11. The predicted octanol–water partition coefficient (Wildman–Crippen LogP) is 0.137. The number of hydrogen-bond acceptors (Lipinski definition) is 3. The van der Waals surface area contributed by atoms with Gasteiger partial charge in [0.15, 0.2) is 0 Å². The molecule has 2 N–H and O–H groups in total. The Kier molecular flexibility index (Phi) is 1.90. The highest BCUT2D eigenvalue weighted by Crippen LogP contribution is 2.52. The molecule has 0 radical (unpaired) electrons. The summed E-state index contributed by atoms with van der Waals surface area (Å²) in [5.74, 6) is 0. The van der Waals surface area contributed by atoms with Crippen LogP contribution < -0.4 is 5.32 Å². The Morgan fingerprint density at radius 2 is 2.17 bits per heavy atom. The lowest BCUT2D eigenvalue weighted by molar-refractivity contribution is -0.197. The lowest BCUT2D eigenvalue weighted by Gasteiger charge is -2.59. The largest absolute Gasteiger partial charge is 0.396 e. The van der Waals surface area contributed by atoms with Crippen molar-refractivity contribution in [2.45, 2.75) is 25.4 Å². The van der Waals surface area contributed by atoms with Crippen LogP contribution in [0.1, 0.15) is 19.8 Å². The highest BCUT2D eigenvalue weighted by atomic mass is 16.5. The molecule has 1 saturated carbocycles. The van der Waals surface area contributed by atoms with E-state index in [1.54, 1.807) is 0 Å². The van der Waals surface area contributed by atoms with Crippen LogP contribution in [-0.4, -0.2) is 37.0 Å². The standard InChI is InChI=1S/C9H17NO2/c1-2-12-9-3-8(4-9,7-11)5-10-6-9/h10-11H,2-7H2,1H3. The normalized spacial score (nSPS) is 45.5. The van der Waals surface area contributed by atoms with Crippen LogP contribution in [0.25, 0.3) is 0 Å². The van der Waals surface area contributed by atoms with E-state index in [1.807, 2.05) is 6.92 Å². The third-order valence-corrected chi connectivity index (χ3v) is 3.13. The van der Waals surface area contributed by atoms with E-state index >= 15 is 0 Å². The molecule has 12 heavy (non-hydrogen) atoms. The van der Waals surface area contributed by atoms with E-state index < -0.39 is 0 Å². The number of hydrogen-bond donors (Lipinski definition) is 2. The maximum Gasteiger partial charge on any atom is 0.0819 e. The molecule has 0 aromatic carbocycles. The first-order valence-corrected chi connectivity index (χ1v) is 4.70. The summed E-state index contributed by atoms with van der Waals surface area (Å²) in [5, 5.41) is 12.5. The van der Waals surface area contributed by atoms with Gasteiger partial charge in [0.05, 0.1) is 12.2 Å². The average Bonchev–Trinajstić information content (AvgIpc) is 2.04. The second-order valence-electron chi connectivity index (χ2n) is 4.23. The Balaban J connectivity index is 1.99. The highest BCUT2D eigenvalue weighted by Gasteiger charge is 2.57. The van der Waals surface area contributed by atoms with E-state index in [-0.39, 0.29) is 11.0 Å². The molecule has 2 aliphatic heterocycles. The summed E-state index contributed by atoms with van der Waals surface area (Å²) < 4.78 is 5.69. The molecular weight excluding hydrogens is 154 g/mol. The van der Waals surface area contributed by atoms with E-state index in [1.165, 1.54) is 0 Å². The molecule has 3 fully saturated rings. The van der Waals surface area contributed by atoms with E-state index in [9.17, 15) is 5.11 Å². The Hall–Kier alpha value is -0.120.